The first-order valence-electron chi connectivity index (χ1n) is 6.02. The predicted octanol–water partition coefficient (Wildman–Crippen LogP) is 4.01. The van der Waals surface area contributed by atoms with Crippen LogP contribution in [-0.4, -0.2) is 11.2 Å². The summed E-state index contributed by atoms with van der Waals surface area (Å²) >= 11 is 3.25. The van der Waals surface area contributed by atoms with Crippen LogP contribution in [0.2, 0.25) is 0 Å². The van der Waals surface area contributed by atoms with E-state index in [1.54, 1.807) is 0 Å². The van der Waals surface area contributed by atoms with Crippen LogP contribution in [0.4, 0.5) is 13.2 Å². The first-order valence-corrected chi connectivity index (χ1v) is 6.81. The van der Waals surface area contributed by atoms with Crippen molar-refractivity contribution in [3.8, 4) is 0 Å². The predicted molar refractivity (Wildman–Crippen MR) is 73.9 cm³/mol. The molecule has 5 heteroatoms. The Kier molecular flexibility index (Phi) is 4.83. The Balaban J connectivity index is 2.13. The lowest BCUT2D eigenvalue weighted by molar-refractivity contribution is 0.172. The molecule has 20 heavy (non-hydrogen) atoms. The van der Waals surface area contributed by atoms with Crippen molar-refractivity contribution in [3.05, 3.63) is 69.4 Å². The molecular weight excluding hydrogens is 333 g/mol. The first-order chi connectivity index (χ1) is 9.47. The third-order valence-corrected chi connectivity index (χ3v) is 3.74. The van der Waals surface area contributed by atoms with Gasteiger partial charge in [0.15, 0.2) is 0 Å². The van der Waals surface area contributed by atoms with Crippen LogP contribution in [0.5, 0.6) is 0 Å². The van der Waals surface area contributed by atoms with Crippen molar-refractivity contribution >= 4 is 15.9 Å². The fourth-order valence-corrected chi connectivity index (χ4v) is 2.40. The highest BCUT2D eigenvalue weighted by atomic mass is 79.9. The lowest BCUT2D eigenvalue weighted by Gasteiger charge is -2.13. The van der Waals surface area contributed by atoms with Crippen molar-refractivity contribution in [2.24, 2.45) is 0 Å². The highest BCUT2D eigenvalue weighted by molar-refractivity contribution is 9.10. The van der Waals surface area contributed by atoms with Crippen LogP contribution in [0.3, 0.4) is 0 Å². The normalized spacial score (nSPS) is 12.4. The van der Waals surface area contributed by atoms with Crippen molar-refractivity contribution in [2.45, 2.75) is 18.9 Å². The van der Waals surface area contributed by atoms with Crippen molar-refractivity contribution in [1.29, 1.82) is 0 Å². The Morgan fingerprint density at radius 1 is 1.00 bits per heavy atom. The zero-order valence-electron chi connectivity index (χ0n) is 10.4. The molecule has 1 unspecified atom stereocenters. The van der Waals surface area contributed by atoms with Gasteiger partial charge in [0.1, 0.15) is 17.5 Å². The Hall–Kier alpha value is -1.33. The van der Waals surface area contributed by atoms with Crippen LogP contribution in [0, 0.1) is 17.5 Å². The molecule has 0 aromatic heterocycles. The molecule has 1 nitrogen and oxygen atoms in total. The third kappa shape index (κ3) is 3.61. The molecule has 0 aliphatic rings. The number of aliphatic hydroxyl groups is 1. The monoisotopic (exact) mass is 344 g/mol. The van der Waals surface area contributed by atoms with Gasteiger partial charge in [0.2, 0.25) is 0 Å². The Bertz CT molecular complexity index is 596. The van der Waals surface area contributed by atoms with E-state index >= 15 is 0 Å². The Morgan fingerprint density at radius 2 is 1.65 bits per heavy atom. The molecule has 2 aromatic rings. The van der Waals surface area contributed by atoms with E-state index in [0.717, 1.165) is 12.1 Å². The maximum absolute atomic E-state index is 13.5. The first kappa shape index (κ1) is 15.1. The summed E-state index contributed by atoms with van der Waals surface area (Å²) in [4.78, 5) is 0. The van der Waals surface area contributed by atoms with Crippen LogP contribution < -0.4 is 0 Å². The van der Waals surface area contributed by atoms with Gasteiger partial charge in [0.25, 0.3) is 0 Å². The molecular formula is C15H12BrF3O. The minimum atomic E-state index is -1.00. The minimum Gasteiger partial charge on any atom is -0.392 e. The van der Waals surface area contributed by atoms with Crippen molar-refractivity contribution in [2.75, 3.05) is 0 Å². The van der Waals surface area contributed by atoms with Crippen molar-refractivity contribution in [3.63, 3.8) is 0 Å². The maximum Gasteiger partial charge on any atom is 0.129 e. The second-order valence-electron chi connectivity index (χ2n) is 4.50. The summed E-state index contributed by atoms with van der Waals surface area (Å²) in [6.07, 6.45) is -1.06. The Labute approximate surface area is 123 Å². The molecule has 1 N–H and O–H groups in total. The molecule has 0 radical (unpaired) electrons. The molecule has 0 amide bonds. The van der Waals surface area contributed by atoms with Crippen LogP contribution in [0.15, 0.2) is 40.9 Å². The molecule has 0 saturated heterocycles. The van der Waals surface area contributed by atoms with Gasteiger partial charge >= 0.3 is 0 Å². The van der Waals surface area contributed by atoms with Gasteiger partial charge in [-0.3, -0.25) is 0 Å². The second kappa shape index (κ2) is 6.41. The number of aliphatic hydroxyl groups excluding tert-OH is 1. The highest BCUT2D eigenvalue weighted by Gasteiger charge is 2.15. The molecule has 0 saturated carbocycles. The van der Waals surface area contributed by atoms with Crippen LogP contribution in [0.25, 0.3) is 0 Å². The van der Waals surface area contributed by atoms with Crippen LogP contribution >= 0.6 is 15.9 Å². The fourth-order valence-electron chi connectivity index (χ4n) is 1.99. The van der Waals surface area contributed by atoms with Gasteiger partial charge in [-0.05, 0) is 42.3 Å². The van der Waals surface area contributed by atoms with Crippen molar-refractivity contribution in [1.82, 2.24) is 0 Å². The average molecular weight is 345 g/mol. The number of benzene rings is 2. The van der Waals surface area contributed by atoms with Gasteiger partial charge in [0, 0.05) is 16.5 Å². The summed E-state index contributed by atoms with van der Waals surface area (Å²) < 4.78 is 40.7. The summed E-state index contributed by atoms with van der Waals surface area (Å²) in [6, 6.07) is 7.65. The molecule has 0 bridgehead atoms. The zero-order valence-corrected chi connectivity index (χ0v) is 12.0. The molecule has 0 fully saturated rings. The average Bonchev–Trinajstić information content (AvgIpc) is 2.38. The molecule has 0 aliphatic carbocycles. The molecule has 106 valence electrons. The van der Waals surface area contributed by atoms with Crippen LogP contribution in [0.1, 0.15) is 11.1 Å². The highest BCUT2D eigenvalue weighted by Crippen LogP contribution is 2.21. The summed E-state index contributed by atoms with van der Waals surface area (Å²) in [5, 5.41) is 9.94. The van der Waals surface area contributed by atoms with E-state index in [1.165, 1.54) is 24.3 Å². The van der Waals surface area contributed by atoms with Crippen LogP contribution in [-0.2, 0) is 12.8 Å². The summed E-state index contributed by atoms with van der Waals surface area (Å²) in [5.41, 5.74) is 0.391. The molecule has 2 aromatic carbocycles. The maximum atomic E-state index is 13.5. The van der Waals surface area contributed by atoms with E-state index in [4.69, 9.17) is 0 Å². The van der Waals surface area contributed by atoms with Gasteiger partial charge in [-0.25, -0.2) is 13.2 Å². The second-order valence-corrected chi connectivity index (χ2v) is 5.35. The van der Waals surface area contributed by atoms with E-state index in [9.17, 15) is 18.3 Å². The fraction of sp³-hybridized carbons (Fsp3) is 0.200. The van der Waals surface area contributed by atoms with E-state index < -0.39 is 23.6 Å². The largest absolute Gasteiger partial charge is 0.392 e. The van der Waals surface area contributed by atoms with Gasteiger partial charge in [-0.2, -0.15) is 0 Å². The molecule has 0 aliphatic heterocycles. The van der Waals surface area contributed by atoms with Gasteiger partial charge in [0.05, 0.1) is 6.10 Å². The van der Waals surface area contributed by atoms with Gasteiger partial charge in [-0.15, -0.1) is 0 Å². The Morgan fingerprint density at radius 3 is 2.30 bits per heavy atom. The molecule has 0 spiro atoms. The van der Waals surface area contributed by atoms with E-state index in [1.807, 2.05) is 0 Å². The topological polar surface area (TPSA) is 20.2 Å². The molecule has 0 heterocycles. The lowest BCUT2D eigenvalue weighted by Crippen LogP contribution is -2.16. The number of hydrogen-bond donors (Lipinski definition) is 1. The van der Waals surface area contributed by atoms with Gasteiger partial charge in [-0.1, -0.05) is 22.0 Å². The van der Waals surface area contributed by atoms with Gasteiger partial charge < -0.3 is 5.11 Å². The molecule has 2 rings (SSSR count). The summed E-state index contributed by atoms with van der Waals surface area (Å²) in [5.74, 6) is -1.81. The molecule has 1 atom stereocenters. The van der Waals surface area contributed by atoms with Crippen molar-refractivity contribution < 1.29 is 18.3 Å². The van der Waals surface area contributed by atoms with E-state index in [0.29, 0.717) is 10.0 Å². The standard InChI is InChI=1S/C15H12BrF3O/c16-13-5-4-10(17)6-9(13)7-11(20)8-12-14(18)2-1-3-15(12)19/h1-6,11,20H,7-8H2. The summed E-state index contributed by atoms with van der Waals surface area (Å²) in [6.45, 7) is 0. The van der Waals surface area contributed by atoms with E-state index in [2.05, 4.69) is 15.9 Å². The van der Waals surface area contributed by atoms with E-state index in [-0.39, 0.29) is 18.4 Å². The third-order valence-electron chi connectivity index (χ3n) is 2.96. The smallest absolute Gasteiger partial charge is 0.129 e. The number of hydrogen-bond acceptors (Lipinski definition) is 1. The summed E-state index contributed by atoms with van der Waals surface area (Å²) in [7, 11) is 0. The number of rotatable bonds is 4. The quantitative estimate of drug-likeness (QED) is 0.888. The SMILES string of the molecule is OC(Cc1cc(F)ccc1Br)Cc1c(F)cccc1F. The minimum absolute atomic E-state index is 0.103. The zero-order chi connectivity index (χ0) is 14.7. The number of halogens is 4. The lowest BCUT2D eigenvalue weighted by atomic mass is 10.0.